The maximum atomic E-state index is 12.6. The quantitative estimate of drug-likeness (QED) is 0.0916. The van der Waals surface area contributed by atoms with Gasteiger partial charge in [-0.25, -0.2) is 4.98 Å². The second kappa shape index (κ2) is 17.0. The normalized spacial score (nSPS) is 17.2. The molecule has 3 atom stereocenters. The molecule has 12 heteroatoms. The number of imidazole rings is 1. The molecule has 5 aromatic rings. The van der Waals surface area contributed by atoms with Crippen LogP contribution in [0, 0.1) is 0 Å². The van der Waals surface area contributed by atoms with Gasteiger partial charge in [0.05, 0.1) is 43.1 Å². The van der Waals surface area contributed by atoms with Crippen LogP contribution in [0.5, 0.6) is 0 Å². The number of anilines is 2. The number of aromatic nitrogens is 2. The fourth-order valence-electron chi connectivity index (χ4n) is 5.97. The van der Waals surface area contributed by atoms with Gasteiger partial charge in [0.15, 0.2) is 11.4 Å². The van der Waals surface area contributed by atoms with Crippen LogP contribution in [0.3, 0.4) is 0 Å². The fraction of sp³-hybridized carbons (Fsp3) is 0.256. The lowest BCUT2D eigenvalue weighted by atomic mass is 9.98. The Hall–Kier alpha value is -4.71. The minimum Gasteiger partial charge on any atom is -0.397 e. The number of rotatable bonds is 13. The van der Waals surface area contributed by atoms with Gasteiger partial charge >= 0.3 is 0 Å². The first-order valence-electron chi connectivity index (χ1n) is 16.7. The molecule has 2 heterocycles. The molecular weight excluding hydrogens is 689 g/mol. The molecule has 0 aliphatic carbocycles. The van der Waals surface area contributed by atoms with Crippen LogP contribution in [0.2, 0.25) is 10.3 Å². The Morgan fingerprint density at radius 1 is 0.863 bits per heavy atom. The van der Waals surface area contributed by atoms with Crippen LogP contribution in [-0.4, -0.2) is 32.6 Å². The molecule has 10 nitrogen and oxygen atoms in total. The molecule has 1 saturated heterocycles. The van der Waals surface area contributed by atoms with Gasteiger partial charge in [0.25, 0.3) is 0 Å². The Bertz CT molecular complexity index is 1970. The van der Waals surface area contributed by atoms with E-state index in [0.717, 1.165) is 33.4 Å². The molecule has 0 radical (unpaired) electrons. The Balaban J connectivity index is 1.09. The number of aliphatic hydroxyl groups excluding tert-OH is 1. The van der Waals surface area contributed by atoms with Crippen molar-refractivity contribution in [3.63, 3.8) is 0 Å². The number of para-hydroxylation sites is 2. The van der Waals surface area contributed by atoms with E-state index >= 15 is 0 Å². The summed E-state index contributed by atoms with van der Waals surface area (Å²) >= 11 is 12.5. The zero-order chi connectivity index (χ0) is 35.7. The number of aliphatic hydroxyl groups is 1. The molecule has 1 aliphatic heterocycles. The number of benzene rings is 4. The summed E-state index contributed by atoms with van der Waals surface area (Å²) in [6.07, 6.45) is 1.83. The van der Waals surface area contributed by atoms with Crippen molar-refractivity contribution in [3.05, 3.63) is 136 Å². The van der Waals surface area contributed by atoms with Gasteiger partial charge in [-0.2, -0.15) is 0 Å². The van der Waals surface area contributed by atoms with Crippen LogP contribution in [0.25, 0.3) is 11.1 Å². The number of nitrogens with one attached hydrogen (secondary N) is 2. The van der Waals surface area contributed by atoms with E-state index in [1.165, 1.54) is 0 Å². The van der Waals surface area contributed by atoms with E-state index < -0.39 is 6.29 Å². The average molecular weight is 729 g/mol. The van der Waals surface area contributed by atoms with Crippen molar-refractivity contribution in [2.24, 2.45) is 0 Å². The van der Waals surface area contributed by atoms with Crippen LogP contribution >= 0.6 is 23.2 Å². The Labute approximate surface area is 306 Å². The number of halogens is 2. The number of hydrogen-bond donors (Lipinski definition) is 4. The topological polar surface area (TPSA) is 141 Å². The van der Waals surface area contributed by atoms with Crippen LogP contribution < -0.4 is 16.4 Å². The predicted molar refractivity (Wildman–Crippen MR) is 198 cm³/mol. The second-order valence-electron chi connectivity index (χ2n) is 12.4. The first kappa shape index (κ1) is 36.1. The van der Waals surface area contributed by atoms with Crippen LogP contribution in [0.15, 0.2) is 103 Å². The molecular formula is C39H39Cl2N5O5. The van der Waals surface area contributed by atoms with E-state index in [1.54, 1.807) is 35.2 Å². The van der Waals surface area contributed by atoms with Gasteiger partial charge in [0, 0.05) is 31.4 Å². The van der Waals surface area contributed by atoms with Gasteiger partial charge in [0.2, 0.25) is 11.8 Å². The number of hydrogen-bond acceptors (Lipinski definition) is 7. The highest BCUT2D eigenvalue weighted by molar-refractivity contribution is 6.40. The zero-order valence-corrected chi connectivity index (χ0v) is 29.3. The summed E-state index contributed by atoms with van der Waals surface area (Å²) < 4.78 is 14.8. The molecule has 5 N–H and O–H groups in total. The monoisotopic (exact) mass is 727 g/mol. The minimum atomic E-state index is -0.668. The lowest BCUT2D eigenvalue weighted by Crippen LogP contribution is -2.32. The maximum absolute atomic E-state index is 12.6. The van der Waals surface area contributed by atoms with E-state index in [4.69, 9.17) is 38.4 Å². The lowest BCUT2D eigenvalue weighted by Gasteiger charge is -2.36. The Kier molecular flexibility index (Phi) is 12.0. The molecule has 0 bridgehead atoms. The summed E-state index contributed by atoms with van der Waals surface area (Å²) in [6, 6.07) is 30.8. The van der Waals surface area contributed by atoms with Gasteiger partial charge in [-0.3, -0.25) is 9.59 Å². The van der Waals surface area contributed by atoms with E-state index in [-0.39, 0.29) is 48.6 Å². The van der Waals surface area contributed by atoms with Crippen LogP contribution in [0.4, 0.5) is 11.4 Å². The Morgan fingerprint density at radius 3 is 2.35 bits per heavy atom. The van der Waals surface area contributed by atoms with Crippen molar-refractivity contribution in [1.82, 2.24) is 14.9 Å². The van der Waals surface area contributed by atoms with Crippen LogP contribution in [-0.2, 0) is 38.8 Å². The molecule has 264 valence electrons. The molecule has 51 heavy (non-hydrogen) atoms. The number of nitrogen functional groups attached to an aromatic ring is 1. The minimum absolute atomic E-state index is 0.0351. The number of ether oxygens (including phenoxy) is 2. The molecule has 3 unspecified atom stereocenters. The van der Waals surface area contributed by atoms with Gasteiger partial charge in [-0.15, -0.1) is 0 Å². The summed E-state index contributed by atoms with van der Waals surface area (Å²) in [5, 5.41) is 15.9. The number of nitrogens with two attached hydrogens (primary N) is 1. The van der Waals surface area contributed by atoms with Gasteiger partial charge < -0.3 is 35.5 Å². The summed E-state index contributed by atoms with van der Waals surface area (Å²) in [5.74, 6) is -0.315. The average Bonchev–Trinajstić information content (AvgIpc) is 3.47. The van der Waals surface area contributed by atoms with Crippen molar-refractivity contribution < 1.29 is 24.2 Å². The third-order valence-electron chi connectivity index (χ3n) is 8.70. The smallest absolute Gasteiger partial charge is 0.224 e. The van der Waals surface area contributed by atoms with Gasteiger partial charge in [-0.05, 0) is 58.5 Å². The van der Waals surface area contributed by atoms with E-state index in [1.807, 2.05) is 72.8 Å². The molecule has 1 aliphatic rings. The molecule has 0 spiro atoms. The number of carbonyl (C=O) groups is 2. The van der Waals surface area contributed by atoms with Gasteiger partial charge in [-0.1, -0.05) is 96.0 Å². The highest BCUT2D eigenvalue weighted by atomic mass is 35.5. The standard InChI is InChI=1S/C39H39Cl2N5O5/c40-37-38(41)46(24-44-37)22-31-20-34(27-16-14-25(23-47)15-17-27)51-39(50-31)30-9-4-8-29(19-30)28-7-3-6-26(18-28)21-43-35(48)12-5-13-36(49)45-33-11-2-1-10-32(33)42/h1-4,6-11,14-19,24,31,34,39,47H,5,12-13,20-23,42H2,(H,43,48)(H,45,49). The van der Waals surface area contributed by atoms with Crippen LogP contribution in [0.1, 0.15) is 60.3 Å². The van der Waals surface area contributed by atoms with Crippen molar-refractivity contribution in [2.75, 3.05) is 11.1 Å². The summed E-state index contributed by atoms with van der Waals surface area (Å²) in [5.41, 5.74) is 12.5. The largest absolute Gasteiger partial charge is 0.397 e. The van der Waals surface area contributed by atoms with E-state index in [0.29, 0.717) is 42.5 Å². The Morgan fingerprint density at radius 2 is 1.61 bits per heavy atom. The SMILES string of the molecule is Nc1ccccc1NC(=O)CCCC(=O)NCc1cccc(-c2cccc(C3OC(Cn4cnc(Cl)c4Cl)CC(c4ccc(CO)cc4)O3)c2)c1. The predicted octanol–water partition coefficient (Wildman–Crippen LogP) is 7.60. The molecule has 0 saturated carbocycles. The molecule has 4 aromatic carbocycles. The zero-order valence-electron chi connectivity index (χ0n) is 27.8. The number of carbonyl (C=O) groups excluding carboxylic acids is 2. The third-order valence-corrected chi connectivity index (χ3v) is 9.47. The summed E-state index contributed by atoms with van der Waals surface area (Å²) in [4.78, 5) is 29.0. The van der Waals surface area contributed by atoms with E-state index in [2.05, 4.69) is 15.6 Å². The summed E-state index contributed by atoms with van der Waals surface area (Å²) in [6.45, 7) is 0.757. The number of nitrogens with zero attached hydrogens (tertiary/aromatic N) is 2. The maximum Gasteiger partial charge on any atom is 0.224 e. The van der Waals surface area contributed by atoms with Crippen molar-refractivity contribution in [2.45, 2.75) is 63.9 Å². The first-order chi connectivity index (χ1) is 24.7. The fourth-order valence-corrected chi connectivity index (χ4v) is 6.28. The third kappa shape index (κ3) is 9.55. The van der Waals surface area contributed by atoms with Crippen molar-refractivity contribution in [3.8, 4) is 11.1 Å². The molecule has 1 fully saturated rings. The number of amides is 2. The molecule has 6 rings (SSSR count). The lowest BCUT2D eigenvalue weighted by molar-refractivity contribution is -0.252. The van der Waals surface area contributed by atoms with Gasteiger partial charge in [0.1, 0.15) is 5.15 Å². The second-order valence-corrected chi connectivity index (χ2v) is 13.1. The summed E-state index contributed by atoms with van der Waals surface area (Å²) in [7, 11) is 0. The first-order valence-corrected chi connectivity index (χ1v) is 17.5. The highest BCUT2D eigenvalue weighted by Crippen LogP contribution is 2.39. The van der Waals surface area contributed by atoms with Crippen molar-refractivity contribution >= 4 is 46.4 Å². The van der Waals surface area contributed by atoms with E-state index in [9.17, 15) is 14.7 Å². The van der Waals surface area contributed by atoms with Crippen molar-refractivity contribution in [1.29, 1.82) is 0 Å². The molecule has 2 amide bonds. The highest BCUT2D eigenvalue weighted by Gasteiger charge is 2.33. The molecule has 1 aromatic heterocycles.